The normalized spacial score (nSPS) is 15.4. The second-order valence-corrected chi connectivity index (χ2v) is 6.87. The Hall–Kier alpha value is -0.870. The highest BCUT2D eigenvalue weighted by atomic mass is 32.2. The summed E-state index contributed by atoms with van der Waals surface area (Å²) < 4.78 is 25.9. The second kappa shape index (κ2) is 5.19. The molecule has 0 unspecified atom stereocenters. The Morgan fingerprint density at radius 2 is 2.29 bits per heavy atom. The predicted molar refractivity (Wildman–Crippen MR) is 69.0 cm³/mol. The minimum Gasteiger partial charge on any atom is -0.320 e. The summed E-state index contributed by atoms with van der Waals surface area (Å²) in [5, 5.41) is 1.72. The number of thiophene rings is 1. The van der Waals surface area contributed by atoms with Gasteiger partial charge in [-0.3, -0.25) is 0 Å². The van der Waals surface area contributed by atoms with Gasteiger partial charge in [0.05, 0.1) is 11.8 Å². The van der Waals surface area contributed by atoms with E-state index < -0.39 is 10.0 Å². The molecule has 17 heavy (non-hydrogen) atoms. The van der Waals surface area contributed by atoms with E-state index in [1.807, 2.05) is 11.4 Å². The van der Waals surface area contributed by atoms with Crippen molar-refractivity contribution in [1.29, 1.82) is 0 Å². The SMILES string of the molecule is NCC#Cc1ccsc1CNS(=O)(=O)C1CC1. The fraction of sp³-hybridized carbons (Fsp3) is 0.455. The van der Waals surface area contributed by atoms with Crippen LogP contribution in [0.4, 0.5) is 0 Å². The number of hydrogen-bond donors (Lipinski definition) is 2. The summed E-state index contributed by atoms with van der Waals surface area (Å²) in [4.78, 5) is 0.940. The predicted octanol–water partition coefficient (Wildman–Crippen LogP) is 0.640. The molecule has 1 aromatic heterocycles. The zero-order valence-corrected chi connectivity index (χ0v) is 10.9. The first-order valence-electron chi connectivity index (χ1n) is 5.37. The van der Waals surface area contributed by atoms with Crippen molar-refractivity contribution in [3.63, 3.8) is 0 Å². The fourth-order valence-corrected chi connectivity index (χ4v) is 3.60. The second-order valence-electron chi connectivity index (χ2n) is 3.83. The standard InChI is InChI=1S/C11H14N2O2S2/c12-6-1-2-9-5-7-16-11(9)8-13-17(14,15)10-3-4-10/h5,7,10,13H,3-4,6,8,12H2. The highest BCUT2D eigenvalue weighted by Crippen LogP contribution is 2.28. The van der Waals surface area contributed by atoms with Crippen LogP contribution in [-0.2, 0) is 16.6 Å². The Morgan fingerprint density at radius 3 is 2.94 bits per heavy atom. The number of hydrogen-bond acceptors (Lipinski definition) is 4. The molecule has 0 aromatic carbocycles. The van der Waals surface area contributed by atoms with Gasteiger partial charge in [0.2, 0.25) is 10.0 Å². The Labute approximate surface area is 105 Å². The summed E-state index contributed by atoms with van der Waals surface area (Å²) >= 11 is 1.50. The van der Waals surface area contributed by atoms with Crippen molar-refractivity contribution in [2.45, 2.75) is 24.6 Å². The molecule has 4 nitrogen and oxygen atoms in total. The lowest BCUT2D eigenvalue weighted by atomic mass is 10.2. The van der Waals surface area contributed by atoms with Crippen LogP contribution in [0.25, 0.3) is 0 Å². The molecule has 1 aliphatic rings. The van der Waals surface area contributed by atoms with E-state index in [1.165, 1.54) is 11.3 Å². The molecule has 92 valence electrons. The number of nitrogens with two attached hydrogens (primary N) is 1. The van der Waals surface area contributed by atoms with Gasteiger partial charge in [-0.05, 0) is 24.3 Å². The maximum Gasteiger partial charge on any atom is 0.214 e. The third-order valence-corrected chi connectivity index (χ3v) is 5.28. The molecule has 1 saturated carbocycles. The van der Waals surface area contributed by atoms with Gasteiger partial charge < -0.3 is 5.73 Å². The first-order chi connectivity index (χ1) is 8.13. The molecule has 0 atom stereocenters. The van der Waals surface area contributed by atoms with Crippen molar-refractivity contribution in [3.8, 4) is 11.8 Å². The number of rotatable bonds is 4. The zero-order valence-electron chi connectivity index (χ0n) is 9.27. The molecule has 1 heterocycles. The summed E-state index contributed by atoms with van der Waals surface area (Å²) in [5.74, 6) is 5.71. The van der Waals surface area contributed by atoms with Gasteiger partial charge >= 0.3 is 0 Å². The third kappa shape index (κ3) is 3.30. The van der Waals surface area contributed by atoms with E-state index in [-0.39, 0.29) is 5.25 Å². The summed E-state index contributed by atoms with van der Waals surface area (Å²) in [7, 11) is -3.12. The van der Waals surface area contributed by atoms with Crippen LogP contribution < -0.4 is 10.5 Å². The largest absolute Gasteiger partial charge is 0.320 e. The monoisotopic (exact) mass is 270 g/mol. The highest BCUT2D eigenvalue weighted by molar-refractivity contribution is 7.90. The molecule has 0 radical (unpaired) electrons. The maximum absolute atomic E-state index is 11.7. The van der Waals surface area contributed by atoms with Crippen molar-refractivity contribution in [3.05, 3.63) is 21.9 Å². The first-order valence-corrected chi connectivity index (χ1v) is 7.80. The van der Waals surface area contributed by atoms with Crippen LogP contribution in [0.15, 0.2) is 11.4 Å². The Kier molecular flexibility index (Phi) is 3.84. The van der Waals surface area contributed by atoms with Crippen molar-refractivity contribution in [2.24, 2.45) is 5.73 Å². The molecule has 0 spiro atoms. The molecule has 2 rings (SSSR count). The summed E-state index contributed by atoms with van der Waals surface area (Å²) in [6, 6.07) is 1.88. The summed E-state index contributed by atoms with van der Waals surface area (Å²) in [6.45, 7) is 0.633. The van der Waals surface area contributed by atoms with Crippen molar-refractivity contribution in [2.75, 3.05) is 6.54 Å². The van der Waals surface area contributed by atoms with E-state index in [0.717, 1.165) is 23.3 Å². The van der Waals surface area contributed by atoms with Crippen LogP contribution in [0, 0.1) is 11.8 Å². The molecule has 0 aliphatic heterocycles. The van der Waals surface area contributed by atoms with Crippen molar-refractivity contribution in [1.82, 2.24) is 4.72 Å². The third-order valence-electron chi connectivity index (χ3n) is 2.47. The van der Waals surface area contributed by atoms with Gasteiger partial charge in [0.15, 0.2) is 0 Å². The molecular formula is C11H14N2O2S2. The van der Waals surface area contributed by atoms with Crippen LogP contribution in [0.1, 0.15) is 23.3 Å². The van der Waals surface area contributed by atoms with Crippen molar-refractivity contribution < 1.29 is 8.42 Å². The van der Waals surface area contributed by atoms with Gasteiger partial charge in [0.25, 0.3) is 0 Å². The minimum atomic E-state index is -3.12. The van der Waals surface area contributed by atoms with Gasteiger partial charge in [-0.2, -0.15) is 0 Å². The van der Waals surface area contributed by atoms with Crippen LogP contribution >= 0.6 is 11.3 Å². The number of nitrogens with one attached hydrogen (secondary N) is 1. The van der Waals surface area contributed by atoms with Crippen LogP contribution in [0.3, 0.4) is 0 Å². The maximum atomic E-state index is 11.7. The molecule has 0 bridgehead atoms. The first kappa shape index (κ1) is 12.6. The Bertz CT molecular complexity index is 548. The van der Waals surface area contributed by atoms with Gasteiger partial charge in [0, 0.05) is 17.0 Å². The molecule has 1 aliphatic carbocycles. The van der Waals surface area contributed by atoms with Gasteiger partial charge in [-0.1, -0.05) is 11.8 Å². The van der Waals surface area contributed by atoms with E-state index in [4.69, 9.17) is 5.73 Å². The minimum absolute atomic E-state index is 0.180. The lowest BCUT2D eigenvalue weighted by Gasteiger charge is -2.03. The molecule has 1 aromatic rings. The van der Waals surface area contributed by atoms with E-state index in [0.29, 0.717) is 13.1 Å². The van der Waals surface area contributed by atoms with Crippen LogP contribution in [0.2, 0.25) is 0 Å². The quantitative estimate of drug-likeness (QED) is 0.789. The van der Waals surface area contributed by atoms with Gasteiger partial charge in [0.1, 0.15) is 0 Å². The number of sulfonamides is 1. The van der Waals surface area contributed by atoms with Gasteiger partial charge in [-0.15, -0.1) is 11.3 Å². The van der Waals surface area contributed by atoms with Crippen molar-refractivity contribution >= 4 is 21.4 Å². The van der Waals surface area contributed by atoms with E-state index in [9.17, 15) is 8.42 Å². The Balaban J connectivity index is 2.01. The van der Waals surface area contributed by atoms with Crippen LogP contribution in [0.5, 0.6) is 0 Å². The molecule has 1 fully saturated rings. The van der Waals surface area contributed by atoms with Gasteiger partial charge in [-0.25, -0.2) is 13.1 Å². The average molecular weight is 270 g/mol. The Morgan fingerprint density at radius 1 is 1.53 bits per heavy atom. The van der Waals surface area contributed by atoms with E-state index >= 15 is 0 Å². The highest BCUT2D eigenvalue weighted by Gasteiger charge is 2.35. The topological polar surface area (TPSA) is 72.2 Å². The molecule has 6 heteroatoms. The smallest absolute Gasteiger partial charge is 0.214 e. The molecule has 3 N–H and O–H groups in total. The average Bonchev–Trinajstić information content (AvgIpc) is 3.06. The lowest BCUT2D eigenvalue weighted by molar-refractivity contribution is 0.580. The fourth-order valence-electron chi connectivity index (χ4n) is 1.40. The molecule has 0 amide bonds. The molecular weight excluding hydrogens is 256 g/mol. The summed E-state index contributed by atoms with van der Waals surface area (Å²) in [6.07, 6.45) is 1.55. The lowest BCUT2D eigenvalue weighted by Crippen LogP contribution is -2.26. The zero-order chi connectivity index (χ0) is 12.3. The van der Waals surface area contributed by atoms with Crippen LogP contribution in [-0.4, -0.2) is 20.2 Å². The van der Waals surface area contributed by atoms with E-state index in [2.05, 4.69) is 16.6 Å². The summed E-state index contributed by atoms with van der Waals surface area (Å²) in [5.41, 5.74) is 6.16. The molecule has 0 saturated heterocycles. The van der Waals surface area contributed by atoms with E-state index in [1.54, 1.807) is 0 Å².